The lowest BCUT2D eigenvalue weighted by atomic mass is 9.89. The minimum Gasteiger partial charge on any atom is -0.302 e. The summed E-state index contributed by atoms with van der Waals surface area (Å²) in [6.07, 6.45) is 0. The largest absolute Gasteiger partial charge is 0.302 e. The fourth-order valence-corrected chi connectivity index (χ4v) is 8.17. The highest BCUT2D eigenvalue weighted by molar-refractivity contribution is 6.04. The van der Waals surface area contributed by atoms with E-state index in [4.69, 9.17) is 0 Å². The van der Waals surface area contributed by atoms with Crippen LogP contribution in [-0.2, 0) is 0 Å². The maximum atomic E-state index is 3.72. The van der Waals surface area contributed by atoms with Gasteiger partial charge >= 0.3 is 0 Å². The zero-order valence-electron chi connectivity index (χ0n) is 31.5. The fraction of sp³-hybridized carbons (Fsp3) is 0.0943. The van der Waals surface area contributed by atoms with Gasteiger partial charge in [0.05, 0.1) is 5.69 Å². The normalized spacial score (nSPS) is 11.6. The Hall–Kier alpha value is -6.62. The summed E-state index contributed by atoms with van der Waals surface area (Å²) in [5.74, 6) is 0. The number of rotatable bonds is 5. The fourth-order valence-electron chi connectivity index (χ4n) is 8.17. The quantitative estimate of drug-likeness (QED) is 0.174. The second kappa shape index (κ2) is 13.4. The van der Waals surface area contributed by atoms with Crippen molar-refractivity contribution in [2.75, 3.05) is 4.90 Å². The maximum absolute atomic E-state index is 3.72. The molecule has 0 bridgehead atoms. The van der Waals surface area contributed by atoms with Crippen LogP contribution in [0.4, 0.5) is 17.1 Å². The van der Waals surface area contributed by atoms with Crippen LogP contribution in [0.1, 0.15) is 27.8 Å². The van der Waals surface area contributed by atoms with Crippen LogP contribution in [-0.4, -0.2) is 0 Å². The Labute approximate surface area is 319 Å². The number of para-hydroxylation sites is 1. The predicted molar refractivity (Wildman–Crippen MR) is 229 cm³/mol. The third kappa shape index (κ3) is 5.69. The second-order valence-corrected chi connectivity index (χ2v) is 14.7. The van der Waals surface area contributed by atoms with Gasteiger partial charge in [-0.1, -0.05) is 127 Å². The molecule has 8 aromatic carbocycles. The SMILES string of the molecule is Cc1ccccc1-c1cc(-c2c#cc3c(c2)-c2ccccc2-c2cc(-c4ccc(C)c(-c5ccccc5C)c4)ccc2N3c2ccccc2C)ccc1C. The van der Waals surface area contributed by atoms with E-state index in [2.05, 4.69) is 209 Å². The molecule has 1 aliphatic heterocycles. The monoisotopic (exact) mass is 691 g/mol. The summed E-state index contributed by atoms with van der Waals surface area (Å²) in [6.45, 7) is 11.0. The number of hydrogen-bond donors (Lipinski definition) is 0. The standard InChI is InChI=1S/C53H41N/c1-34-14-6-9-17-43(34)47-30-39(24-22-36(47)3)41-26-28-52-49(32-41)45-19-11-12-20-46(45)50-33-42(27-29-53(50)54(52)51-21-13-8-16-38(51)5)40-25-23-37(4)48(31-40)44-18-10-7-15-35(44)2/h6-26,28,30-33H,1-5H3. The molecule has 1 heterocycles. The topological polar surface area (TPSA) is 3.24 Å². The molecular weight excluding hydrogens is 651 g/mol. The lowest BCUT2D eigenvalue weighted by Gasteiger charge is -2.27. The minimum absolute atomic E-state index is 0.996. The van der Waals surface area contributed by atoms with E-state index in [1.54, 1.807) is 0 Å². The number of fused-ring (bicyclic) bond motifs is 5. The molecule has 1 aliphatic rings. The Bertz CT molecular complexity index is 2560. The summed E-state index contributed by atoms with van der Waals surface area (Å²) in [7, 11) is 0. The number of anilines is 3. The number of benzene rings is 7. The van der Waals surface area contributed by atoms with Gasteiger partial charge in [-0.05, 0) is 155 Å². The summed E-state index contributed by atoms with van der Waals surface area (Å²) in [5, 5.41) is 0. The van der Waals surface area contributed by atoms with Crippen molar-refractivity contribution in [3.05, 3.63) is 198 Å². The predicted octanol–water partition coefficient (Wildman–Crippen LogP) is 14.6. The van der Waals surface area contributed by atoms with E-state index in [0.717, 1.165) is 33.8 Å². The van der Waals surface area contributed by atoms with Gasteiger partial charge in [0.15, 0.2) is 0 Å². The van der Waals surface area contributed by atoms with Crippen molar-refractivity contribution in [1.29, 1.82) is 0 Å². The summed E-state index contributed by atoms with van der Waals surface area (Å²) >= 11 is 0. The Kier molecular flexibility index (Phi) is 8.26. The highest BCUT2D eigenvalue weighted by Gasteiger charge is 2.28. The molecule has 258 valence electrons. The Morgan fingerprint density at radius 2 is 0.778 bits per heavy atom. The highest BCUT2D eigenvalue weighted by atomic mass is 15.2. The van der Waals surface area contributed by atoms with E-state index >= 15 is 0 Å². The smallest absolute Gasteiger partial charge is 0.105 e. The van der Waals surface area contributed by atoms with Crippen LogP contribution in [0.25, 0.3) is 66.8 Å². The van der Waals surface area contributed by atoms with Crippen LogP contribution in [0.5, 0.6) is 0 Å². The number of nitrogens with zero attached hydrogens (tertiary/aromatic N) is 1. The van der Waals surface area contributed by atoms with E-state index in [0.29, 0.717) is 0 Å². The zero-order chi connectivity index (χ0) is 36.9. The van der Waals surface area contributed by atoms with Crippen LogP contribution in [0.15, 0.2) is 158 Å². The van der Waals surface area contributed by atoms with Crippen LogP contribution in [0.3, 0.4) is 0 Å². The molecule has 0 amide bonds. The van der Waals surface area contributed by atoms with Crippen molar-refractivity contribution in [1.82, 2.24) is 0 Å². The van der Waals surface area contributed by atoms with Crippen LogP contribution >= 0.6 is 0 Å². The van der Waals surface area contributed by atoms with Gasteiger partial charge in [-0.15, -0.1) is 0 Å². The van der Waals surface area contributed by atoms with Crippen LogP contribution in [0, 0.1) is 46.8 Å². The van der Waals surface area contributed by atoms with E-state index < -0.39 is 0 Å². The van der Waals surface area contributed by atoms with Crippen LogP contribution in [0.2, 0.25) is 0 Å². The number of hydrogen-bond acceptors (Lipinski definition) is 1. The Morgan fingerprint density at radius 3 is 1.39 bits per heavy atom. The van der Waals surface area contributed by atoms with E-state index in [9.17, 15) is 0 Å². The molecule has 0 aliphatic carbocycles. The molecule has 0 fully saturated rings. The van der Waals surface area contributed by atoms with Gasteiger partial charge in [0.2, 0.25) is 0 Å². The highest BCUT2D eigenvalue weighted by Crippen LogP contribution is 2.52. The van der Waals surface area contributed by atoms with Crippen molar-refractivity contribution < 1.29 is 0 Å². The molecule has 54 heavy (non-hydrogen) atoms. The van der Waals surface area contributed by atoms with Gasteiger partial charge in [0.1, 0.15) is 5.69 Å². The van der Waals surface area contributed by atoms with Gasteiger partial charge in [0, 0.05) is 22.4 Å². The molecule has 1 heteroatoms. The van der Waals surface area contributed by atoms with Gasteiger partial charge in [-0.3, -0.25) is 0 Å². The zero-order valence-corrected chi connectivity index (χ0v) is 31.5. The van der Waals surface area contributed by atoms with Crippen molar-refractivity contribution in [3.8, 4) is 66.8 Å². The van der Waals surface area contributed by atoms with Crippen molar-refractivity contribution >= 4 is 17.1 Å². The van der Waals surface area contributed by atoms with Crippen molar-refractivity contribution in [3.63, 3.8) is 0 Å². The van der Waals surface area contributed by atoms with Gasteiger partial charge in [0.25, 0.3) is 0 Å². The van der Waals surface area contributed by atoms with Crippen LogP contribution < -0.4 is 4.90 Å². The second-order valence-electron chi connectivity index (χ2n) is 14.7. The first-order valence-corrected chi connectivity index (χ1v) is 18.8. The molecule has 8 aromatic rings. The Morgan fingerprint density at radius 1 is 0.315 bits per heavy atom. The molecule has 0 atom stereocenters. The summed E-state index contributed by atoms with van der Waals surface area (Å²) in [6, 6.07) is 65.1. The summed E-state index contributed by atoms with van der Waals surface area (Å²) in [5.41, 5.74) is 23.9. The van der Waals surface area contributed by atoms with E-state index in [1.165, 1.54) is 77.9 Å². The van der Waals surface area contributed by atoms with E-state index in [-0.39, 0.29) is 0 Å². The number of aryl methyl sites for hydroxylation is 5. The first-order valence-electron chi connectivity index (χ1n) is 18.8. The molecule has 0 radical (unpaired) electrons. The molecule has 0 saturated heterocycles. The maximum Gasteiger partial charge on any atom is 0.105 e. The van der Waals surface area contributed by atoms with Gasteiger partial charge in [-0.2, -0.15) is 0 Å². The average molecular weight is 692 g/mol. The summed E-state index contributed by atoms with van der Waals surface area (Å²) < 4.78 is 0. The van der Waals surface area contributed by atoms with E-state index in [1.807, 2.05) is 0 Å². The Balaban J connectivity index is 1.25. The van der Waals surface area contributed by atoms with Crippen molar-refractivity contribution in [2.45, 2.75) is 34.6 Å². The minimum atomic E-state index is 0.996. The molecule has 9 rings (SSSR count). The summed E-state index contributed by atoms with van der Waals surface area (Å²) in [4.78, 5) is 2.39. The average Bonchev–Trinajstić information content (AvgIpc) is 3.31. The molecule has 0 unspecified atom stereocenters. The molecule has 1 nitrogen and oxygen atoms in total. The molecule has 0 saturated carbocycles. The van der Waals surface area contributed by atoms with Gasteiger partial charge in [-0.25, -0.2) is 0 Å². The lowest BCUT2D eigenvalue weighted by molar-refractivity contribution is 1.26. The van der Waals surface area contributed by atoms with Crippen molar-refractivity contribution in [2.24, 2.45) is 0 Å². The van der Waals surface area contributed by atoms with Gasteiger partial charge < -0.3 is 4.90 Å². The molecule has 0 aromatic heterocycles. The molecule has 0 N–H and O–H groups in total. The first kappa shape index (κ1) is 33.2. The third-order valence-corrected chi connectivity index (χ3v) is 11.2. The lowest BCUT2D eigenvalue weighted by Crippen LogP contribution is -2.12. The third-order valence-electron chi connectivity index (χ3n) is 11.2. The molecular formula is C53H41N. The first-order chi connectivity index (χ1) is 26.4. The molecule has 0 spiro atoms.